The molecule has 1 atom stereocenters. The summed E-state index contributed by atoms with van der Waals surface area (Å²) in [6.07, 6.45) is 0.358. The van der Waals surface area contributed by atoms with E-state index in [1.165, 1.54) is 0 Å². The average molecular weight is 286 g/mol. The summed E-state index contributed by atoms with van der Waals surface area (Å²) in [6.45, 7) is 20.0. The lowest BCUT2D eigenvalue weighted by Crippen LogP contribution is -2.47. The van der Waals surface area contributed by atoms with Crippen molar-refractivity contribution in [1.82, 2.24) is 0 Å². The normalized spacial score (nSPS) is 15.3. The molecule has 0 spiro atoms. The van der Waals surface area contributed by atoms with E-state index in [9.17, 15) is 4.79 Å². The van der Waals surface area contributed by atoms with E-state index in [1.807, 2.05) is 41.5 Å². The van der Waals surface area contributed by atoms with Crippen LogP contribution in [0.25, 0.3) is 0 Å². The number of hydrogen-bond acceptors (Lipinski definition) is 3. The van der Waals surface area contributed by atoms with Crippen molar-refractivity contribution in [1.29, 1.82) is 0 Å². The predicted octanol–water partition coefficient (Wildman–Crippen LogP) is 4.58. The Morgan fingerprint density at radius 3 is 1.65 bits per heavy atom. The number of carbonyl (C=O) groups excluding carboxylic acids is 1. The van der Waals surface area contributed by atoms with Crippen LogP contribution in [0.5, 0.6) is 0 Å². The van der Waals surface area contributed by atoms with Gasteiger partial charge in [0.2, 0.25) is 0 Å². The first-order valence-corrected chi connectivity index (χ1v) is 7.55. The Morgan fingerprint density at radius 1 is 0.900 bits per heavy atom. The molecule has 0 aromatic carbocycles. The second-order valence-electron chi connectivity index (χ2n) is 8.73. The molecule has 0 bridgehead atoms. The second-order valence-corrected chi connectivity index (χ2v) is 8.73. The quantitative estimate of drug-likeness (QED) is 0.694. The topological polar surface area (TPSA) is 35.5 Å². The highest BCUT2D eigenvalue weighted by Gasteiger charge is 2.41. The number of esters is 1. The van der Waals surface area contributed by atoms with Crippen molar-refractivity contribution in [3.05, 3.63) is 0 Å². The minimum atomic E-state index is -0.552. The third kappa shape index (κ3) is 7.88. The predicted molar refractivity (Wildman–Crippen MR) is 83.7 cm³/mol. The summed E-state index contributed by atoms with van der Waals surface area (Å²) < 4.78 is 11.6. The minimum absolute atomic E-state index is 0.260. The summed E-state index contributed by atoms with van der Waals surface area (Å²) in [4.78, 5) is 12.5. The van der Waals surface area contributed by atoms with E-state index in [0.717, 1.165) is 6.42 Å². The lowest BCUT2D eigenvalue weighted by Gasteiger charge is -2.39. The van der Waals surface area contributed by atoms with Gasteiger partial charge in [-0.15, -0.1) is 0 Å². The maximum Gasteiger partial charge on any atom is 0.336 e. The van der Waals surface area contributed by atoms with Gasteiger partial charge in [0, 0.05) is 5.41 Å². The van der Waals surface area contributed by atoms with Gasteiger partial charge in [-0.3, -0.25) is 0 Å². The lowest BCUT2D eigenvalue weighted by atomic mass is 9.78. The maximum absolute atomic E-state index is 12.5. The average Bonchev–Trinajstić information content (AvgIpc) is 2.07. The van der Waals surface area contributed by atoms with Gasteiger partial charge >= 0.3 is 5.97 Å². The Labute approximate surface area is 125 Å². The zero-order valence-electron chi connectivity index (χ0n) is 15.1. The highest BCUT2D eigenvalue weighted by molar-refractivity contribution is 5.76. The molecule has 0 aliphatic rings. The lowest BCUT2D eigenvalue weighted by molar-refractivity contribution is -0.190. The fourth-order valence-corrected chi connectivity index (χ4v) is 2.39. The third-order valence-electron chi connectivity index (χ3n) is 2.74. The van der Waals surface area contributed by atoms with Crippen LogP contribution < -0.4 is 0 Å². The van der Waals surface area contributed by atoms with Crippen molar-refractivity contribution in [2.75, 3.05) is 0 Å². The van der Waals surface area contributed by atoms with Gasteiger partial charge in [-0.05, 0) is 53.9 Å². The van der Waals surface area contributed by atoms with Crippen molar-refractivity contribution >= 4 is 5.97 Å². The molecule has 120 valence electrons. The molecule has 0 saturated carbocycles. The first-order valence-electron chi connectivity index (χ1n) is 7.55. The summed E-state index contributed by atoms with van der Waals surface area (Å²) in [6, 6.07) is 0. The first kappa shape index (κ1) is 19.4. The van der Waals surface area contributed by atoms with Gasteiger partial charge in [-0.2, -0.15) is 0 Å². The molecule has 0 radical (unpaired) electrons. The number of carbonyl (C=O) groups is 1. The van der Waals surface area contributed by atoms with E-state index in [0.29, 0.717) is 5.92 Å². The van der Waals surface area contributed by atoms with Crippen LogP contribution in [0.4, 0.5) is 0 Å². The zero-order valence-corrected chi connectivity index (χ0v) is 15.1. The smallest absolute Gasteiger partial charge is 0.336 e. The largest absolute Gasteiger partial charge is 0.458 e. The fourth-order valence-electron chi connectivity index (χ4n) is 2.39. The van der Waals surface area contributed by atoms with Crippen LogP contribution in [0.15, 0.2) is 0 Å². The van der Waals surface area contributed by atoms with Crippen LogP contribution in [0, 0.1) is 11.3 Å². The highest BCUT2D eigenvalue weighted by Crippen LogP contribution is 2.35. The molecule has 1 unspecified atom stereocenters. The molecule has 0 aliphatic heterocycles. The van der Waals surface area contributed by atoms with Crippen LogP contribution in [-0.2, 0) is 14.3 Å². The Balaban J connectivity index is 5.22. The van der Waals surface area contributed by atoms with Crippen molar-refractivity contribution in [2.24, 2.45) is 11.3 Å². The molecule has 0 saturated heterocycles. The van der Waals surface area contributed by atoms with Gasteiger partial charge in [0.05, 0.1) is 5.60 Å². The van der Waals surface area contributed by atoms with Crippen LogP contribution in [0.3, 0.4) is 0 Å². The monoisotopic (exact) mass is 286 g/mol. The van der Waals surface area contributed by atoms with Crippen molar-refractivity contribution in [2.45, 2.75) is 93.0 Å². The van der Waals surface area contributed by atoms with Gasteiger partial charge in [-0.25, -0.2) is 4.79 Å². The first-order chi connectivity index (χ1) is 8.64. The molecule has 3 heteroatoms. The van der Waals surface area contributed by atoms with Gasteiger partial charge in [0.25, 0.3) is 0 Å². The van der Waals surface area contributed by atoms with Gasteiger partial charge in [0.1, 0.15) is 5.60 Å². The molecule has 3 nitrogen and oxygen atoms in total. The summed E-state index contributed by atoms with van der Waals surface area (Å²) in [7, 11) is 0. The second kappa shape index (κ2) is 6.46. The summed E-state index contributed by atoms with van der Waals surface area (Å²) in [5.74, 6) is 0.233. The van der Waals surface area contributed by atoms with E-state index in [1.54, 1.807) is 0 Å². The van der Waals surface area contributed by atoms with E-state index in [-0.39, 0.29) is 17.0 Å². The third-order valence-corrected chi connectivity index (χ3v) is 2.74. The van der Waals surface area contributed by atoms with E-state index in [4.69, 9.17) is 9.47 Å². The number of ether oxygens (including phenoxy) is 2. The molecule has 20 heavy (non-hydrogen) atoms. The summed E-state index contributed by atoms with van der Waals surface area (Å²) in [5.41, 5.74) is -1.13. The molecule has 0 aromatic heterocycles. The van der Waals surface area contributed by atoms with Crippen LogP contribution in [-0.4, -0.2) is 23.3 Å². The van der Waals surface area contributed by atoms with Gasteiger partial charge < -0.3 is 9.47 Å². The molecule has 0 aliphatic carbocycles. The molecule has 0 amide bonds. The molecular weight excluding hydrogens is 252 g/mol. The van der Waals surface area contributed by atoms with E-state index >= 15 is 0 Å². The standard InChI is InChI=1S/C17H34O3/c1-12(2)11-17(9,10)13(19-15(3,4)5)14(18)20-16(6,7)8/h12-13H,11H2,1-10H3. The molecular formula is C17H34O3. The van der Waals surface area contributed by atoms with Crippen LogP contribution >= 0.6 is 0 Å². The molecule has 0 aromatic rings. The fraction of sp³-hybridized carbons (Fsp3) is 0.941. The highest BCUT2D eigenvalue weighted by atomic mass is 16.6. The van der Waals surface area contributed by atoms with E-state index < -0.39 is 11.7 Å². The van der Waals surface area contributed by atoms with Crippen LogP contribution in [0.2, 0.25) is 0 Å². The van der Waals surface area contributed by atoms with Crippen LogP contribution in [0.1, 0.15) is 75.7 Å². The zero-order chi connectivity index (χ0) is 16.4. The molecule has 0 N–H and O–H groups in total. The van der Waals surface area contributed by atoms with Gasteiger partial charge in [-0.1, -0.05) is 27.7 Å². The van der Waals surface area contributed by atoms with Crippen molar-refractivity contribution in [3.63, 3.8) is 0 Å². The molecule has 0 rings (SSSR count). The maximum atomic E-state index is 12.5. The number of hydrogen-bond donors (Lipinski definition) is 0. The van der Waals surface area contributed by atoms with Gasteiger partial charge in [0.15, 0.2) is 6.10 Å². The summed E-state index contributed by atoms with van der Waals surface area (Å²) >= 11 is 0. The SMILES string of the molecule is CC(C)CC(C)(C)C(OC(C)(C)C)C(=O)OC(C)(C)C. The number of rotatable bonds is 5. The van der Waals surface area contributed by atoms with E-state index in [2.05, 4.69) is 27.7 Å². The summed E-state index contributed by atoms with van der Waals surface area (Å²) in [5, 5.41) is 0. The Morgan fingerprint density at radius 2 is 1.35 bits per heavy atom. The Hall–Kier alpha value is -0.570. The Bertz CT molecular complexity index is 316. The minimum Gasteiger partial charge on any atom is -0.458 e. The van der Waals surface area contributed by atoms with Crippen molar-refractivity contribution < 1.29 is 14.3 Å². The Kier molecular flexibility index (Phi) is 6.28. The molecule has 0 heterocycles. The van der Waals surface area contributed by atoms with Crippen molar-refractivity contribution in [3.8, 4) is 0 Å². The molecule has 0 fully saturated rings.